The van der Waals surface area contributed by atoms with Gasteiger partial charge in [-0.2, -0.15) is 5.10 Å². The molecule has 0 radical (unpaired) electrons. The number of rotatable bonds is 9. The number of hydrazone groups is 1. The number of thioether (sulfide) groups is 1. The van der Waals surface area contributed by atoms with Crippen LogP contribution in [0.3, 0.4) is 0 Å². The summed E-state index contributed by atoms with van der Waals surface area (Å²) in [6.07, 6.45) is 1.70. The van der Waals surface area contributed by atoms with Gasteiger partial charge in [-0.05, 0) is 43.5 Å². The normalized spacial score (nSPS) is 18.0. The van der Waals surface area contributed by atoms with Gasteiger partial charge >= 0.3 is 0 Å². The topological polar surface area (TPSA) is 123 Å². The number of anilines is 1. The largest absolute Gasteiger partial charge is 0.380 e. The number of hydrogen-bond acceptors (Lipinski definition) is 10. The van der Waals surface area contributed by atoms with E-state index in [0.29, 0.717) is 35.8 Å². The van der Waals surface area contributed by atoms with Crippen molar-refractivity contribution in [2.24, 2.45) is 10.8 Å². The highest BCUT2D eigenvalue weighted by molar-refractivity contribution is 8.15. The molecule has 1 aliphatic heterocycles. The number of nitro groups is 1. The van der Waals surface area contributed by atoms with Gasteiger partial charge in [-0.25, -0.2) is 13.8 Å². The zero-order valence-corrected chi connectivity index (χ0v) is 20.2. The second-order valence-electron chi connectivity index (χ2n) is 7.60. The average molecular weight is 518 g/mol. The minimum absolute atomic E-state index is 0.0512. The molecule has 0 spiro atoms. The molecule has 3 N–H and O–H groups in total. The molecule has 2 aromatic carbocycles. The molecule has 0 saturated carbocycles. The average Bonchev–Trinajstić information content (AvgIpc) is 3.43. The number of nitrogens with two attached hydrogens (primary N) is 1. The fraction of sp³-hybridized carbons (Fsp3) is 0.227. The first-order chi connectivity index (χ1) is 16.8. The van der Waals surface area contributed by atoms with E-state index in [1.165, 1.54) is 23.1 Å². The standard InChI is InChI=1S/C22H21F2N7O2S2/c1-14-27-28-21(34-14)31-22(15-6-3-2-4-7-15,10-5-11-26-19(25)13-30(32)33)35-20(29-31)17-12-16(23)8-9-18(17)24/h2-4,6-9,12-13,26H,5,10-11,25H2,1H3. The van der Waals surface area contributed by atoms with Gasteiger partial charge in [-0.3, -0.25) is 10.1 Å². The molecule has 1 atom stereocenters. The highest BCUT2D eigenvalue weighted by Crippen LogP contribution is 2.52. The summed E-state index contributed by atoms with van der Waals surface area (Å²) in [6.45, 7) is 2.16. The van der Waals surface area contributed by atoms with Crippen LogP contribution in [0.5, 0.6) is 0 Å². The van der Waals surface area contributed by atoms with Gasteiger partial charge in [-0.15, -0.1) is 10.2 Å². The van der Waals surface area contributed by atoms with Crippen LogP contribution in [0.2, 0.25) is 0 Å². The second kappa shape index (κ2) is 10.4. The van der Waals surface area contributed by atoms with Gasteiger partial charge in [0.15, 0.2) is 5.82 Å². The minimum Gasteiger partial charge on any atom is -0.380 e. The third-order valence-corrected chi connectivity index (χ3v) is 7.40. The van der Waals surface area contributed by atoms with Crippen LogP contribution in [-0.4, -0.2) is 26.7 Å². The Labute approximate surface area is 207 Å². The van der Waals surface area contributed by atoms with E-state index in [-0.39, 0.29) is 11.4 Å². The number of aryl methyl sites for hydroxylation is 1. The van der Waals surface area contributed by atoms with E-state index in [4.69, 9.17) is 10.8 Å². The lowest BCUT2D eigenvalue weighted by atomic mass is 10.0. The van der Waals surface area contributed by atoms with Gasteiger partial charge in [0.25, 0.3) is 6.20 Å². The molecule has 0 aliphatic carbocycles. The molecule has 0 amide bonds. The molecule has 1 unspecified atom stereocenters. The van der Waals surface area contributed by atoms with Gasteiger partial charge in [0.05, 0.1) is 4.92 Å². The van der Waals surface area contributed by atoms with E-state index in [2.05, 4.69) is 15.5 Å². The molecule has 0 bridgehead atoms. The van der Waals surface area contributed by atoms with Crippen LogP contribution in [0.25, 0.3) is 0 Å². The Bertz CT molecular complexity index is 1290. The first kappa shape index (κ1) is 24.5. The summed E-state index contributed by atoms with van der Waals surface area (Å²) in [5.74, 6) is -1.22. The van der Waals surface area contributed by atoms with Crippen LogP contribution in [0.1, 0.15) is 29.0 Å². The Hall–Kier alpha value is -3.58. The summed E-state index contributed by atoms with van der Waals surface area (Å²) in [6, 6.07) is 12.8. The van der Waals surface area contributed by atoms with E-state index in [9.17, 15) is 18.9 Å². The predicted octanol–water partition coefficient (Wildman–Crippen LogP) is 4.30. The molecule has 1 aromatic heterocycles. The Morgan fingerprint density at radius 3 is 2.71 bits per heavy atom. The Morgan fingerprint density at radius 2 is 2.03 bits per heavy atom. The number of aromatic nitrogens is 2. The molecule has 2 heterocycles. The second-order valence-corrected chi connectivity index (χ2v) is 10.0. The molecule has 182 valence electrons. The lowest BCUT2D eigenvalue weighted by Gasteiger charge is -2.35. The lowest BCUT2D eigenvalue weighted by molar-refractivity contribution is -0.403. The Balaban J connectivity index is 1.73. The van der Waals surface area contributed by atoms with E-state index < -0.39 is 21.4 Å². The fourth-order valence-electron chi connectivity index (χ4n) is 3.64. The van der Waals surface area contributed by atoms with Gasteiger partial charge < -0.3 is 11.1 Å². The van der Waals surface area contributed by atoms with E-state index in [0.717, 1.165) is 28.8 Å². The predicted molar refractivity (Wildman–Crippen MR) is 132 cm³/mol. The smallest absolute Gasteiger partial charge is 0.273 e. The number of benzene rings is 2. The van der Waals surface area contributed by atoms with Gasteiger partial charge in [0, 0.05) is 12.1 Å². The summed E-state index contributed by atoms with van der Waals surface area (Å²) >= 11 is 2.63. The SMILES string of the molecule is Cc1nnc(N2N=C(c3cc(F)ccc3F)SC2(CCCNC(N)=C[N+](=O)[O-])c2ccccc2)s1. The summed E-state index contributed by atoms with van der Waals surface area (Å²) < 4.78 is 28.7. The van der Waals surface area contributed by atoms with Crippen molar-refractivity contribution in [3.63, 3.8) is 0 Å². The number of halogens is 2. The Kier molecular flexibility index (Phi) is 7.26. The third kappa shape index (κ3) is 5.41. The lowest BCUT2D eigenvalue weighted by Crippen LogP contribution is -2.38. The number of nitrogens with one attached hydrogen (secondary N) is 1. The van der Waals surface area contributed by atoms with Crippen molar-refractivity contribution in [2.45, 2.75) is 24.6 Å². The van der Waals surface area contributed by atoms with Crippen molar-refractivity contribution >= 4 is 33.3 Å². The van der Waals surface area contributed by atoms with Gasteiger partial charge in [-0.1, -0.05) is 53.4 Å². The quantitative estimate of drug-likeness (QED) is 0.245. The molecule has 35 heavy (non-hydrogen) atoms. The maximum absolute atomic E-state index is 14.7. The van der Waals surface area contributed by atoms with Crippen LogP contribution < -0.4 is 16.1 Å². The van der Waals surface area contributed by atoms with Gasteiger partial charge in [0.1, 0.15) is 26.6 Å². The highest BCUT2D eigenvalue weighted by Gasteiger charge is 2.47. The number of hydrogen-bond donors (Lipinski definition) is 2. The van der Waals surface area contributed by atoms with Crippen LogP contribution in [0, 0.1) is 28.7 Å². The van der Waals surface area contributed by atoms with Crippen molar-refractivity contribution in [3.05, 3.63) is 98.4 Å². The van der Waals surface area contributed by atoms with Crippen molar-refractivity contribution in [1.29, 1.82) is 0 Å². The summed E-state index contributed by atoms with van der Waals surface area (Å²) in [5, 5.41) is 29.8. The minimum atomic E-state index is -0.857. The molecule has 4 rings (SSSR count). The molecule has 9 nitrogen and oxygen atoms in total. The van der Waals surface area contributed by atoms with Crippen LogP contribution in [0.4, 0.5) is 13.9 Å². The zero-order valence-electron chi connectivity index (χ0n) is 18.5. The Morgan fingerprint density at radius 1 is 1.26 bits per heavy atom. The first-order valence-electron chi connectivity index (χ1n) is 10.5. The highest BCUT2D eigenvalue weighted by atomic mass is 32.2. The number of nitrogens with zero attached hydrogens (tertiary/aromatic N) is 5. The molecule has 0 fully saturated rings. The maximum Gasteiger partial charge on any atom is 0.273 e. The maximum atomic E-state index is 14.7. The first-order valence-corrected chi connectivity index (χ1v) is 12.2. The van der Waals surface area contributed by atoms with Crippen molar-refractivity contribution < 1.29 is 13.7 Å². The van der Waals surface area contributed by atoms with E-state index >= 15 is 0 Å². The zero-order chi connectivity index (χ0) is 25.0. The van der Waals surface area contributed by atoms with Crippen molar-refractivity contribution in [3.8, 4) is 0 Å². The van der Waals surface area contributed by atoms with E-state index in [1.807, 2.05) is 37.3 Å². The molecule has 13 heteroatoms. The molecular formula is C22H21F2N7O2S2. The van der Waals surface area contributed by atoms with Crippen LogP contribution >= 0.6 is 23.1 Å². The van der Waals surface area contributed by atoms with Crippen molar-refractivity contribution in [2.75, 3.05) is 11.6 Å². The van der Waals surface area contributed by atoms with E-state index in [1.54, 1.807) is 5.01 Å². The molecule has 1 aliphatic rings. The third-order valence-electron chi connectivity index (χ3n) is 5.14. The molecule has 3 aromatic rings. The van der Waals surface area contributed by atoms with Crippen LogP contribution in [-0.2, 0) is 4.87 Å². The van der Waals surface area contributed by atoms with Crippen molar-refractivity contribution in [1.82, 2.24) is 15.5 Å². The van der Waals surface area contributed by atoms with Crippen LogP contribution in [0.15, 0.2) is 65.7 Å². The molecule has 0 saturated heterocycles. The fourth-order valence-corrected chi connectivity index (χ4v) is 5.83. The summed E-state index contributed by atoms with van der Waals surface area (Å²) in [4.78, 5) is 9.14. The summed E-state index contributed by atoms with van der Waals surface area (Å²) in [7, 11) is 0. The monoisotopic (exact) mass is 517 g/mol. The van der Waals surface area contributed by atoms with Gasteiger partial charge in [0.2, 0.25) is 5.13 Å². The summed E-state index contributed by atoms with van der Waals surface area (Å²) in [5.41, 5.74) is 6.57. The molecular weight excluding hydrogens is 496 g/mol.